The van der Waals surface area contributed by atoms with Crippen molar-refractivity contribution in [1.29, 1.82) is 0 Å². The van der Waals surface area contributed by atoms with Crippen LogP contribution in [0.3, 0.4) is 0 Å². The Kier molecular flexibility index (Phi) is 5.12. The fraction of sp³-hybridized carbons (Fsp3) is 0.529. The number of guanidine groups is 1. The summed E-state index contributed by atoms with van der Waals surface area (Å²) in [5, 5.41) is 3.41. The number of imidazole rings is 1. The molecule has 0 radical (unpaired) electrons. The molecule has 3 rings (SSSR count). The van der Waals surface area contributed by atoms with E-state index in [1.807, 2.05) is 25.2 Å². The molecule has 2 N–H and O–H groups in total. The molecular formula is C17H25N5O. The fourth-order valence-electron chi connectivity index (χ4n) is 3.00. The van der Waals surface area contributed by atoms with Crippen LogP contribution in [0.1, 0.15) is 12.2 Å². The minimum absolute atomic E-state index is 0.605. The molecule has 124 valence electrons. The Labute approximate surface area is 137 Å². The molecule has 0 saturated carbocycles. The maximum atomic E-state index is 5.44. The summed E-state index contributed by atoms with van der Waals surface area (Å²) in [5.41, 5.74) is 2.11. The first-order valence-electron chi connectivity index (χ1n) is 8.19. The van der Waals surface area contributed by atoms with E-state index in [0.29, 0.717) is 5.92 Å². The number of fused-ring (bicyclic) bond motifs is 1. The number of rotatable bonds is 5. The van der Waals surface area contributed by atoms with Gasteiger partial charge >= 0.3 is 0 Å². The molecule has 1 aliphatic rings. The molecule has 0 spiro atoms. The number of aromatic amines is 1. The SMILES string of the molecule is CN=C(NCCc1nc2ccccc2[nH]1)N(C)CC1CCOC1. The van der Waals surface area contributed by atoms with Crippen LogP contribution in [0.4, 0.5) is 0 Å². The van der Waals surface area contributed by atoms with Gasteiger partial charge in [0.05, 0.1) is 17.6 Å². The van der Waals surface area contributed by atoms with Gasteiger partial charge in [0, 0.05) is 46.1 Å². The van der Waals surface area contributed by atoms with Gasteiger partial charge in [0.2, 0.25) is 0 Å². The molecule has 23 heavy (non-hydrogen) atoms. The molecule has 1 aromatic heterocycles. The number of aliphatic imine (C=N–C) groups is 1. The van der Waals surface area contributed by atoms with Crippen LogP contribution in [0.5, 0.6) is 0 Å². The van der Waals surface area contributed by atoms with E-state index in [4.69, 9.17) is 4.74 Å². The van der Waals surface area contributed by atoms with Crippen LogP contribution in [0.2, 0.25) is 0 Å². The Bertz CT molecular complexity index is 627. The quantitative estimate of drug-likeness (QED) is 0.650. The molecule has 2 aromatic rings. The molecule has 1 aromatic carbocycles. The molecule has 0 bridgehead atoms. The molecular weight excluding hydrogens is 290 g/mol. The average Bonchev–Trinajstić information content (AvgIpc) is 3.20. The second-order valence-corrected chi connectivity index (χ2v) is 6.03. The second kappa shape index (κ2) is 7.46. The number of para-hydroxylation sites is 2. The monoisotopic (exact) mass is 315 g/mol. The number of nitrogens with zero attached hydrogens (tertiary/aromatic N) is 3. The summed E-state index contributed by atoms with van der Waals surface area (Å²) in [7, 11) is 3.90. The Hall–Kier alpha value is -2.08. The number of H-pyrrole nitrogens is 1. The maximum absolute atomic E-state index is 5.44. The van der Waals surface area contributed by atoms with Crippen LogP contribution in [0.25, 0.3) is 11.0 Å². The van der Waals surface area contributed by atoms with Crippen molar-refractivity contribution < 1.29 is 4.74 Å². The second-order valence-electron chi connectivity index (χ2n) is 6.03. The first-order chi connectivity index (χ1) is 11.3. The van der Waals surface area contributed by atoms with Crippen molar-refractivity contribution in [3.8, 4) is 0 Å². The summed E-state index contributed by atoms with van der Waals surface area (Å²) >= 11 is 0. The van der Waals surface area contributed by atoms with Gasteiger partial charge in [-0.05, 0) is 18.6 Å². The molecule has 1 saturated heterocycles. The lowest BCUT2D eigenvalue weighted by atomic mass is 10.1. The Morgan fingerprint density at radius 2 is 2.35 bits per heavy atom. The molecule has 6 nitrogen and oxygen atoms in total. The van der Waals surface area contributed by atoms with Crippen LogP contribution < -0.4 is 5.32 Å². The minimum Gasteiger partial charge on any atom is -0.381 e. The van der Waals surface area contributed by atoms with Gasteiger partial charge in [-0.15, -0.1) is 0 Å². The van der Waals surface area contributed by atoms with E-state index in [1.54, 1.807) is 0 Å². The lowest BCUT2D eigenvalue weighted by molar-refractivity contribution is 0.181. The normalized spacial score (nSPS) is 18.5. The van der Waals surface area contributed by atoms with Crippen molar-refractivity contribution in [1.82, 2.24) is 20.2 Å². The molecule has 1 fully saturated rings. The predicted molar refractivity (Wildman–Crippen MR) is 92.7 cm³/mol. The van der Waals surface area contributed by atoms with Crippen LogP contribution in [0.15, 0.2) is 29.3 Å². The van der Waals surface area contributed by atoms with Crippen LogP contribution >= 0.6 is 0 Å². The zero-order valence-corrected chi connectivity index (χ0v) is 13.9. The number of nitrogens with one attached hydrogen (secondary N) is 2. The van der Waals surface area contributed by atoms with E-state index in [-0.39, 0.29) is 0 Å². The summed E-state index contributed by atoms with van der Waals surface area (Å²) in [6, 6.07) is 8.11. The van der Waals surface area contributed by atoms with E-state index in [2.05, 4.69) is 38.3 Å². The Morgan fingerprint density at radius 3 is 3.09 bits per heavy atom. The van der Waals surface area contributed by atoms with Gasteiger partial charge in [-0.2, -0.15) is 0 Å². The van der Waals surface area contributed by atoms with Crippen LogP contribution in [-0.4, -0.2) is 61.2 Å². The number of ether oxygens (including phenoxy) is 1. The third-order valence-corrected chi connectivity index (χ3v) is 4.21. The van der Waals surface area contributed by atoms with E-state index < -0.39 is 0 Å². The fourth-order valence-corrected chi connectivity index (χ4v) is 3.00. The molecule has 1 atom stereocenters. The maximum Gasteiger partial charge on any atom is 0.193 e. The van der Waals surface area contributed by atoms with Crippen molar-refractivity contribution >= 4 is 17.0 Å². The van der Waals surface area contributed by atoms with Gasteiger partial charge in [-0.25, -0.2) is 4.98 Å². The largest absolute Gasteiger partial charge is 0.381 e. The zero-order chi connectivity index (χ0) is 16.1. The Balaban J connectivity index is 1.49. The molecule has 2 heterocycles. The summed E-state index contributed by atoms with van der Waals surface area (Å²) < 4.78 is 5.44. The topological polar surface area (TPSA) is 65.5 Å². The summed E-state index contributed by atoms with van der Waals surface area (Å²) in [5.74, 6) is 2.53. The highest BCUT2D eigenvalue weighted by Gasteiger charge is 2.18. The first-order valence-corrected chi connectivity index (χ1v) is 8.19. The number of hydrogen-bond donors (Lipinski definition) is 2. The van der Waals surface area contributed by atoms with Crippen molar-refractivity contribution in [3.63, 3.8) is 0 Å². The molecule has 0 aliphatic carbocycles. The number of hydrogen-bond acceptors (Lipinski definition) is 3. The minimum atomic E-state index is 0.605. The predicted octanol–water partition coefficient (Wildman–Crippen LogP) is 1.65. The first kappa shape index (κ1) is 15.8. The van der Waals surface area contributed by atoms with Crippen molar-refractivity contribution in [2.24, 2.45) is 10.9 Å². The van der Waals surface area contributed by atoms with Gasteiger partial charge in [-0.1, -0.05) is 12.1 Å². The summed E-state index contributed by atoms with van der Waals surface area (Å²) in [6.07, 6.45) is 1.98. The van der Waals surface area contributed by atoms with Crippen molar-refractivity contribution in [2.45, 2.75) is 12.8 Å². The van der Waals surface area contributed by atoms with E-state index in [9.17, 15) is 0 Å². The highest BCUT2D eigenvalue weighted by atomic mass is 16.5. The van der Waals surface area contributed by atoms with E-state index in [0.717, 1.165) is 62.0 Å². The van der Waals surface area contributed by atoms with Gasteiger partial charge in [0.25, 0.3) is 0 Å². The highest BCUT2D eigenvalue weighted by Crippen LogP contribution is 2.13. The molecule has 1 unspecified atom stereocenters. The van der Waals surface area contributed by atoms with E-state index in [1.165, 1.54) is 0 Å². The summed E-state index contributed by atoms with van der Waals surface area (Å²) in [6.45, 7) is 3.53. The number of benzene rings is 1. The van der Waals surface area contributed by atoms with E-state index >= 15 is 0 Å². The molecule has 0 amide bonds. The zero-order valence-electron chi connectivity index (χ0n) is 13.9. The number of aromatic nitrogens is 2. The van der Waals surface area contributed by atoms with Crippen molar-refractivity contribution in [2.75, 3.05) is 40.4 Å². The third kappa shape index (κ3) is 4.01. The highest BCUT2D eigenvalue weighted by molar-refractivity contribution is 5.79. The summed E-state index contributed by atoms with van der Waals surface area (Å²) in [4.78, 5) is 14.5. The molecule has 1 aliphatic heterocycles. The third-order valence-electron chi connectivity index (χ3n) is 4.21. The van der Waals surface area contributed by atoms with Crippen molar-refractivity contribution in [3.05, 3.63) is 30.1 Å². The average molecular weight is 315 g/mol. The lowest BCUT2D eigenvalue weighted by Crippen LogP contribution is -2.42. The van der Waals surface area contributed by atoms with Gasteiger partial charge in [-0.3, -0.25) is 4.99 Å². The Morgan fingerprint density at radius 1 is 1.48 bits per heavy atom. The standard InChI is InChI=1S/C17H25N5O/c1-18-17(22(2)11-13-8-10-23-12-13)19-9-7-16-20-14-5-3-4-6-15(14)21-16/h3-6,13H,7-12H2,1-2H3,(H,18,19)(H,20,21). The van der Waals surface area contributed by atoms with Gasteiger partial charge in [0.15, 0.2) is 5.96 Å². The lowest BCUT2D eigenvalue weighted by Gasteiger charge is -2.24. The molecule has 6 heteroatoms. The van der Waals surface area contributed by atoms with Crippen LogP contribution in [0, 0.1) is 5.92 Å². The van der Waals surface area contributed by atoms with Gasteiger partial charge < -0.3 is 19.9 Å². The smallest absolute Gasteiger partial charge is 0.193 e. The van der Waals surface area contributed by atoms with Crippen LogP contribution in [-0.2, 0) is 11.2 Å². The van der Waals surface area contributed by atoms with Gasteiger partial charge in [0.1, 0.15) is 5.82 Å².